The number of hydrogen-bond acceptors (Lipinski definition) is 1. The van der Waals surface area contributed by atoms with Crippen LogP contribution in [0, 0.1) is 11.8 Å². The molecule has 0 heterocycles. The Bertz CT molecular complexity index is 270. The molecule has 110 valence electrons. The molecule has 0 spiro atoms. The van der Waals surface area contributed by atoms with E-state index in [1.165, 1.54) is 44.9 Å². The lowest BCUT2D eigenvalue weighted by atomic mass is 9.87. The van der Waals surface area contributed by atoms with Gasteiger partial charge in [-0.05, 0) is 25.2 Å². The molecule has 1 aliphatic carbocycles. The van der Waals surface area contributed by atoms with Gasteiger partial charge in [-0.15, -0.1) is 0 Å². The van der Waals surface area contributed by atoms with Gasteiger partial charge in [0.1, 0.15) is 0 Å². The van der Waals surface area contributed by atoms with E-state index in [2.05, 4.69) is 19.1 Å². The van der Waals surface area contributed by atoms with Gasteiger partial charge in [-0.25, -0.2) is 0 Å². The Hall–Kier alpha value is -0.790. The van der Waals surface area contributed by atoms with Crippen LogP contribution in [0.2, 0.25) is 0 Å². The van der Waals surface area contributed by atoms with Crippen molar-refractivity contribution in [2.45, 2.75) is 77.6 Å². The van der Waals surface area contributed by atoms with Gasteiger partial charge in [-0.2, -0.15) is 0 Å². The highest BCUT2D eigenvalue weighted by Crippen LogP contribution is 2.29. The molecule has 0 amide bonds. The molecule has 0 fully saturated rings. The Balaban J connectivity index is 2.05. The fourth-order valence-electron chi connectivity index (χ4n) is 3.01. The van der Waals surface area contributed by atoms with Gasteiger partial charge in [0.05, 0.1) is 5.92 Å². The van der Waals surface area contributed by atoms with E-state index in [1.54, 1.807) is 0 Å². The molecule has 0 aromatic rings. The smallest absolute Gasteiger partial charge is 0.307 e. The van der Waals surface area contributed by atoms with Crippen LogP contribution in [0.5, 0.6) is 0 Å². The molecule has 0 bridgehead atoms. The Morgan fingerprint density at radius 2 is 1.79 bits per heavy atom. The van der Waals surface area contributed by atoms with E-state index in [9.17, 15) is 9.90 Å². The molecule has 19 heavy (non-hydrogen) atoms. The van der Waals surface area contributed by atoms with E-state index in [-0.39, 0.29) is 5.92 Å². The summed E-state index contributed by atoms with van der Waals surface area (Å²) >= 11 is 0. The molecular formula is C17H30O2. The van der Waals surface area contributed by atoms with Crippen molar-refractivity contribution >= 4 is 5.97 Å². The highest BCUT2D eigenvalue weighted by atomic mass is 16.4. The number of rotatable bonds is 11. The molecule has 0 radical (unpaired) electrons. The van der Waals surface area contributed by atoms with Crippen LogP contribution < -0.4 is 0 Å². The highest BCUT2D eigenvalue weighted by molar-refractivity contribution is 5.70. The molecule has 0 saturated heterocycles. The molecule has 1 rings (SSSR count). The maximum absolute atomic E-state index is 11.3. The van der Waals surface area contributed by atoms with E-state index in [4.69, 9.17) is 0 Å². The number of hydrogen-bond donors (Lipinski definition) is 1. The normalized spacial score (nSPS) is 19.7. The second-order valence-corrected chi connectivity index (χ2v) is 5.88. The van der Waals surface area contributed by atoms with Crippen molar-refractivity contribution in [1.29, 1.82) is 0 Å². The van der Waals surface area contributed by atoms with Crippen LogP contribution >= 0.6 is 0 Å². The van der Waals surface area contributed by atoms with Crippen molar-refractivity contribution in [3.8, 4) is 0 Å². The fraction of sp³-hybridized carbons (Fsp3) is 0.824. The average Bonchev–Trinajstić information content (AvgIpc) is 2.90. The minimum Gasteiger partial charge on any atom is -0.481 e. The van der Waals surface area contributed by atoms with E-state index >= 15 is 0 Å². The number of allylic oxidation sites excluding steroid dienone is 2. The van der Waals surface area contributed by atoms with Gasteiger partial charge in [-0.1, -0.05) is 70.4 Å². The zero-order valence-corrected chi connectivity index (χ0v) is 12.4. The topological polar surface area (TPSA) is 37.3 Å². The lowest BCUT2D eigenvalue weighted by Crippen LogP contribution is -2.21. The molecular weight excluding hydrogens is 236 g/mol. The maximum atomic E-state index is 11.3. The number of unbranched alkanes of at least 4 members (excludes halogenated alkanes) is 7. The summed E-state index contributed by atoms with van der Waals surface area (Å²) in [4.78, 5) is 11.3. The van der Waals surface area contributed by atoms with Crippen LogP contribution in [-0.4, -0.2) is 11.1 Å². The largest absolute Gasteiger partial charge is 0.481 e. The Kier molecular flexibility index (Phi) is 8.61. The van der Waals surface area contributed by atoms with Crippen LogP contribution in [0.1, 0.15) is 77.6 Å². The van der Waals surface area contributed by atoms with Crippen LogP contribution in [0.3, 0.4) is 0 Å². The van der Waals surface area contributed by atoms with Crippen molar-refractivity contribution in [2.75, 3.05) is 0 Å². The quantitative estimate of drug-likeness (QED) is 0.413. The van der Waals surface area contributed by atoms with Crippen molar-refractivity contribution < 1.29 is 9.90 Å². The van der Waals surface area contributed by atoms with Crippen molar-refractivity contribution in [3.63, 3.8) is 0 Å². The maximum Gasteiger partial charge on any atom is 0.307 e. The van der Waals surface area contributed by atoms with Gasteiger partial charge in [0, 0.05) is 0 Å². The standard InChI is InChI=1S/C17H30O2/c1-2-3-4-5-6-7-8-9-14-16(17(18)19)15-12-10-11-13-15/h10,12,15-16H,2-9,11,13-14H2,1H3,(H,18,19). The van der Waals surface area contributed by atoms with Gasteiger partial charge in [0.25, 0.3) is 0 Å². The minimum atomic E-state index is -0.598. The summed E-state index contributed by atoms with van der Waals surface area (Å²) in [5.41, 5.74) is 0. The third-order valence-corrected chi connectivity index (χ3v) is 4.25. The molecule has 1 aliphatic rings. The van der Waals surface area contributed by atoms with Crippen LogP contribution in [0.4, 0.5) is 0 Å². The first kappa shape index (κ1) is 16.3. The second-order valence-electron chi connectivity index (χ2n) is 5.88. The molecule has 0 saturated carbocycles. The predicted molar refractivity (Wildman–Crippen MR) is 80.2 cm³/mol. The first-order chi connectivity index (χ1) is 9.25. The predicted octanol–water partition coefficient (Wildman–Crippen LogP) is 5.18. The molecule has 2 unspecified atom stereocenters. The van der Waals surface area contributed by atoms with Crippen LogP contribution in [-0.2, 0) is 4.79 Å². The van der Waals surface area contributed by atoms with Gasteiger partial charge in [0.15, 0.2) is 0 Å². The van der Waals surface area contributed by atoms with Crippen LogP contribution in [0.25, 0.3) is 0 Å². The van der Waals surface area contributed by atoms with Gasteiger partial charge in [-0.3, -0.25) is 4.79 Å². The molecule has 2 nitrogen and oxygen atoms in total. The number of aliphatic carboxylic acids is 1. The molecule has 0 aromatic carbocycles. The summed E-state index contributed by atoms with van der Waals surface area (Å²) in [7, 11) is 0. The van der Waals surface area contributed by atoms with Gasteiger partial charge >= 0.3 is 5.97 Å². The molecule has 2 heteroatoms. The summed E-state index contributed by atoms with van der Waals surface area (Å²) in [6.07, 6.45) is 17.4. The Morgan fingerprint density at radius 1 is 1.16 bits per heavy atom. The second kappa shape index (κ2) is 10.1. The van der Waals surface area contributed by atoms with Crippen molar-refractivity contribution in [1.82, 2.24) is 0 Å². The first-order valence-electron chi connectivity index (χ1n) is 8.15. The van der Waals surface area contributed by atoms with Crippen molar-refractivity contribution in [2.24, 2.45) is 11.8 Å². The zero-order chi connectivity index (χ0) is 13.9. The summed E-state index contributed by atoms with van der Waals surface area (Å²) in [6.45, 7) is 2.24. The minimum absolute atomic E-state index is 0.140. The van der Waals surface area contributed by atoms with E-state index < -0.39 is 5.97 Å². The SMILES string of the molecule is CCCCCCCCCCC(C(=O)O)C1C=CCC1. The highest BCUT2D eigenvalue weighted by Gasteiger charge is 2.26. The Morgan fingerprint density at radius 3 is 2.32 bits per heavy atom. The molecule has 1 N–H and O–H groups in total. The summed E-state index contributed by atoms with van der Waals surface area (Å²) in [5.74, 6) is -0.444. The molecule has 0 aromatic heterocycles. The van der Waals surface area contributed by atoms with E-state index in [1.807, 2.05) is 0 Å². The van der Waals surface area contributed by atoms with Gasteiger partial charge < -0.3 is 5.11 Å². The zero-order valence-electron chi connectivity index (χ0n) is 12.4. The number of carboxylic acid groups (broad SMARTS) is 1. The summed E-state index contributed by atoms with van der Waals surface area (Å²) in [5, 5.41) is 9.30. The number of carbonyl (C=O) groups is 1. The van der Waals surface area contributed by atoms with Crippen LogP contribution in [0.15, 0.2) is 12.2 Å². The Labute approximate surface area is 118 Å². The monoisotopic (exact) mass is 266 g/mol. The number of carboxylic acids is 1. The first-order valence-corrected chi connectivity index (χ1v) is 8.15. The van der Waals surface area contributed by atoms with E-state index in [0.29, 0.717) is 5.92 Å². The lowest BCUT2D eigenvalue weighted by molar-refractivity contribution is -0.143. The van der Waals surface area contributed by atoms with Gasteiger partial charge in [0.2, 0.25) is 0 Å². The summed E-state index contributed by atoms with van der Waals surface area (Å²) in [6, 6.07) is 0. The fourth-order valence-corrected chi connectivity index (χ4v) is 3.01. The third-order valence-electron chi connectivity index (χ3n) is 4.25. The van der Waals surface area contributed by atoms with E-state index in [0.717, 1.165) is 25.7 Å². The average molecular weight is 266 g/mol. The molecule has 0 aliphatic heterocycles. The van der Waals surface area contributed by atoms with Crippen molar-refractivity contribution in [3.05, 3.63) is 12.2 Å². The summed E-state index contributed by atoms with van der Waals surface area (Å²) < 4.78 is 0. The molecule has 2 atom stereocenters. The third kappa shape index (κ3) is 6.79. The lowest BCUT2D eigenvalue weighted by Gasteiger charge is -2.17.